The fraction of sp³-hybridized carbons (Fsp3) is 0.370. The van der Waals surface area contributed by atoms with Gasteiger partial charge in [-0.15, -0.1) is 0 Å². The van der Waals surface area contributed by atoms with Crippen LogP contribution in [-0.4, -0.2) is 54.2 Å². The van der Waals surface area contributed by atoms with Gasteiger partial charge in [0.15, 0.2) is 5.54 Å². The smallest absolute Gasteiger partial charge is 0.461 e. The summed E-state index contributed by atoms with van der Waals surface area (Å²) in [6, 6.07) is 18.0. The van der Waals surface area contributed by atoms with Crippen LogP contribution in [0, 0.1) is 0 Å². The lowest BCUT2D eigenvalue weighted by Crippen LogP contribution is -2.64. The number of alkyl halides is 3. The lowest BCUT2D eigenvalue weighted by molar-refractivity contribution is -0.253. The first-order valence-electron chi connectivity index (χ1n) is 12.4. The first kappa shape index (κ1) is 29.7. The van der Waals surface area contributed by atoms with Crippen molar-refractivity contribution in [1.29, 1.82) is 0 Å². The normalized spacial score (nSPS) is 13.1. The third-order valence-corrected chi connectivity index (χ3v) is 6.13. The molecule has 210 valence electrons. The Kier molecular flexibility index (Phi) is 10.1. The molecule has 39 heavy (non-hydrogen) atoms. The van der Waals surface area contributed by atoms with Crippen LogP contribution < -0.4 is 16.8 Å². The van der Waals surface area contributed by atoms with Crippen LogP contribution in [0.5, 0.6) is 0 Å². The highest BCUT2D eigenvalue weighted by Gasteiger charge is 2.52. The first-order chi connectivity index (χ1) is 18.6. The number of carbonyl (C=O) groups is 3. The maximum absolute atomic E-state index is 13.8. The van der Waals surface area contributed by atoms with E-state index in [4.69, 9.17) is 15.9 Å². The zero-order valence-electron chi connectivity index (χ0n) is 21.2. The number of nitrogens with zero attached hydrogens (tertiary/aromatic N) is 1. The minimum absolute atomic E-state index is 0.0427. The van der Waals surface area contributed by atoms with E-state index in [0.717, 1.165) is 5.56 Å². The molecule has 2 aromatic carbocycles. The molecule has 1 aromatic heterocycles. The van der Waals surface area contributed by atoms with Gasteiger partial charge in [-0.2, -0.15) is 18.2 Å². The van der Waals surface area contributed by atoms with Crippen molar-refractivity contribution < 1.29 is 36.8 Å². The van der Waals surface area contributed by atoms with Crippen LogP contribution in [0.1, 0.15) is 30.6 Å². The van der Waals surface area contributed by atoms with Gasteiger partial charge in [-0.1, -0.05) is 48.5 Å². The maximum Gasteiger partial charge on any atom is 0.493 e. The number of nitrogens with two attached hydrogens (primary N) is 2. The molecule has 3 rings (SSSR count). The van der Waals surface area contributed by atoms with E-state index in [-0.39, 0.29) is 36.8 Å². The second kappa shape index (κ2) is 13.3. The van der Waals surface area contributed by atoms with Crippen molar-refractivity contribution >= 4 is 28.8 Å². The zero-order valence-corrected chi connectivity index (χ0v) is 21.2. The average Bonchev–Trinajstić information content (AvgIpc) is 3.33. The van der Waals surface area contributed by atoms with Gasteiger partial charge >= 0.3 is 12.1 Å². The summed E-state index contributed by atoms with van der Waals surface area (Å²) < 4.78 is 45.5. The van der Waals surface area contributed by atoms with Crippen LogP contribution in [-0.2, 0) is 32.1 Å². The molecule has 0 aliphatic heterocycles. The molecule has 1 heterocycles. The van der Waals surface area contributed by atoms with E-state index in [1.807, 2.05) is 30.3 Å². The number of halogens is 3. The first-order valence-corrected chi connectivity index (χ1v) is 12.4. The van der Waals surface area contributed by atoms with E-state index in [1.54, 1.807) is 30.3 Å². The highest BCUT2D eigenvalue weighted by Crippen LogP contribution is 2.32. The quantitative estimate of drug-likeness (QED) is 0.233. The Balaban J connectivity index is 1.99. The summed E-state index contributed by atoms with van der Waals surface area (Å²) in [7, 11) is 0. The molecule has 1 atom stereocenters. The summed E-state index contributed by atoms with van der Waals surface area (Å²) in [4.78, 5) is 43.1. The summed E-state index contributed by atoms with van der Waals surface area (Å²) in [6.45, 7) is -0.645. The Hall–Kier alpha value is -3.90. The monoisotopic (exact) mass is 548 g/mol. The number of hydroxylamine groups is 2. The topological polar surface area (TPSA) is 141 Å². The van der Waals surface area contributed by atoms with E-state index < -0.39 is 42.5 Å². The lowest BCUT2D eigenvalue weighted by atomic mass is 9.86. The van der Waals surface area contributed by atoms with E-state index in [9.17, 15) is 27.6 Å². The highest BCUT2D eigenvalue weighted by atomic mass is 19.4. The average molecular weight is 549 g/mol. The fourth-order valence-electron chi connectivity index (χ4n) is 4.25. The standard InChI is InChI=1S/C27H31F3N4O5/c28-27(29,30)25(37)39-34(23(35)18-32)26(13-7-14-31,17-21-16-20-11-4-5-12-22(20)38-21)24(36)33-15-6-10-19-8-2-1-3-9-19/h1-5,8-9,11-12,16H,6-7,10,13-15,17-18,31-32H2,(H,33,36)/t26-/m1/s1. The van der Waals surface area contributed by atoms with Gasteiger partial charge in [-0.25, -0.2) is 4.79 Å². The number of benzene rings is 2. The number of rotatable bonds is 12. The summed E-state index contributed by atoms with van der Waals surface area (Å²) in [5, 5.41) is 3.52. The number of para-hydroxylation sites is 1. The SMILES string of the molecule is NCCC[C@@](Cc1cc2ccccc2o1)(C(=O)NCCCc1ccccc1)N(OC(=O)C(F)(F)F)C(=O)CN. The molecule has 12 heteroatoms. The van der Waals surface area contributed by atoms with Gasteiger partial charge < -0.3 is 26.0 Å². The molecule has 2 amide bonds. The number of nitrogens with one attached hydrogen (secondary N) is 1. The van der Waals surface area contributed by atoms with Crippen molar-refractivity contribution in [2.75, 3.05) is 19.6 Å². The van der Waals surface area contributed by atoms with Gasteiger partial charge in [0.05, 0.1) is 6.54 Å². The summed E-state index contributed by atoms with van der Waals surface area (Å²) in [5.74, 6) is -4.50. The van der Waals surface area contributed by atoms with Gasteiger partial charge in [0, 0.05) is 18.4 Å². The van der Waals surface area contributed by atoms with Gasteiger partial charge in [0.2, 0.25) is 5.91 Å². The second-order valence-electron chi connectivity index (χ2n) is 8.96. The number of furan rings is 1. The fourth-order valence-corrected chi connectivity index (χ4v) is 4.25. The Morgan fingerprint density at radius 2 is 1.67 bits per heavy atom. The summed E-state index contributed by atoms with van der Waals surface area (Å²) in [6.07, 6.45) is -4.84. The molecule has 9 nitrogen and oxygen atoms in total. The van der Waals surface area contributed by atoms with Crippen LogP contribution in [0.3, 0.4) is 0 Å². The molecule has 0 radical (unpaired) electrons. The highest BCUT2D eigenvalue weighted by molar-refractivity contribution is 5.93. The largest absolute Gasteiger partial charge is 0.493 e. The number of aryl methyl sites for hydroxylation is 1. The number of carbonyl (C=O) groups excluding carboxylic acids is 3. The molecular weight excluding hydrogens is 517 g/mol. The molecule has 0 spiro atoms. The van der Waals surface area contributed by atoms with Gasteiger partial charge in [-0.05, 0) is 49.9 Å². The Labute approximate surface area is 223 Å². The van der Waals surface area contributed by atoms with Crippen LogP contribution in [0.4, 0.5) is 13.2 Å². The van der Waals surface area contributed by atoms with E-state index in [1.165, 1.54) is 0 Å². The molecule has 0 aliphatic carbocycles. The van der Waals surface area contributed by atoms with Gasteiger partial charge in [-0.3, -0.25) is 9.59 Å². The Morgan fingerprint density at radius 3 is 2.31 bits per heavy atom. The second-order valence-corrected chi connectivity index (χ2v) is 8.96. The van der Waals surface area contributed by atoms with E-state index in [0.29, 0.717) is 23.8 Å². The molecule has 0 bridgehead atoms. The molecule has 0 unspecified atom stereocenters. The zero-order chi connectivity index (χ0) is 28.5. The van der Waals surface area contributed by atoms with E-state index in [2.05, 4.69) is 10.2 Å². The van der Waals surface area contributed by atoms with Crippen molar-refractivity contribution in [2.45, 2.75) is 43.8 Å². The maximum atomic E-state index is 13.8. The van der Waals surface area contributed by atoms with Crippen molar-refractivity contribution in [3.63, 3.8) is 0 Å². The van der Waals surface area contributed by atoms with Gasteiger partial charge in [0.25, 0.3) is 5.91 Å². The van der Waals surface area contributed by atoms with Crippen LogP contribution in [0.25, 0.3) is 11.0 Å². The van der Waals surface area contributed by atoms with Crippen molar-refractivity contribution in [1.82, 2.24) is 10.4 Å². The molecule has 3 aromatic rings. The van der Waals surface area contributed by atoms with Crippen LogP contribution in [0.2, 0.25) is 0 Å². The summed E-state index contributed by atoms with van der Waals surface area (Å²) in [5.41, 5.74) is 10.5. The van der Waals surface area contributed by atoms with Crippen molar-refractivity contribution in [2.24, 2.45) is 11.5 Å². The predicted octanol–water partition coefficient (Wildman–Crippen LogP) is 3.01. The number of hydrogen-bond acceptors (Lipinski definition) is 7. The molecule has 0 fully saturated rings. The molecule has 0 aliphatic rings. The van der Waals surface area contributed by atoms with Crippen LogP contribution >= 0.6 is 0 Å². The number of hydrogen-bond donors (Lipinski definition) is 3. The Bertz CT molecular complexity index is 1230. The third-order valence-electron chi connectivity index (χ3n) is 6.13. The van der Waals surface area contributed by atoms with Crippen molar-refractivity contribution in [3.05, 3.63) is 72.0 Å². The molecule has 5 N–H and O–H groups in total. The number of amides is 2. The van der Waals surface area contributed by atoms with Crippen LogP contribution in [0.15, 0.2) is 65.1 Å². The number of fused-ring (bicyclic) bond motifs is 1. The van der Waals surface area contributed by atoms with E-state index >= 15 is 0 Å². The predicted molar refractivity (Wildman–Crippen MR) is 137 cm³/mol. The molecular formula is C27H31F3N4O5. The minimum atomic E-state index is -5.43. The summed E-state index contributed by atoms with van der Waals surface area (Å²) >= 11 is 0. The third kappa shape index (κ3) is 7.58. The Morgan fingerprint density at radius 1 is 0.974 bits per heavy atom. The lowest BCUT2D eigenvalue weighted by Gasteiger charge is -2.40. The molecule has 0 saturated carbocycles. The minimum Gasteiger partial charge on any atom is -0.461 e. The van der Waals surface area contributed by atoms with Gasteiger partial charge in [0.1, 0.15) is 11.3 Å². The molecule has 0 saturated heterocycles. The van der Waals surface area contributed by atoms with Crippen molar-refractivity contribution in [3.8, 4) is 0 Å².